The Labute approximate surface area is 187 Å². The molecule has 1 aromatic heterocycles. The van der Waals surface area contributed by atoms with Crippen molar-refractivity contribution in [2.45, 2.75) is 6.42 Å². The Morgan fingerprint density at radius 3 is 2.12 bits per heavy atom. The summed E-state index contributed by atoms with van der Waals surface area (Å²) in [7, 11) is 6.25. The number of hydrogen-bond acceptors (Lipinski definition) is 6. The van der Waals surface area contributed by atoms with Crippen LogP contribution in [0.15, 0.2) is 42.6 Å². The predicted octanol–water partition coefficient (Wildman–Crippen LogP) is 3.50. The third-order valence-electron chi connectivity index (χ3n) is 5.08. The van der Waals surface area contributed by atoms with E-state index in [1.54, 1.807) is 34.6 Å². The van der Waals surface area contributed by atoms with Gasteiger partial charge in [0.15, 0.2) is 11.5 Å². The van der Waals surface area contributed by atoms with E-state index in [0.717, 1.165) is 22.4 Å². The molecule has 3 aromatic rings. The van der Waals surface area contributed by atoms with Crippen molar-refractivity contribution in [2.24, 2.45) is 0 Å². The highest BCUT2D eigenvalue weighted by Gasteiger charge is 2.23. The van der Waals surface area contributed by atoms with Gasteiger partial charge in [-0.15, -0.1) is 0 Å². The molecule has 1 amide bonds. The van der Waals surface area contributed by atoms with Gasteiger partial charge in [0.1, 0.15) is 11.4 Å². The summed E-state index contributed by atoms with van der Waals surface area (Å²) in [5.74, 6) is 1.89. The van der Waals surface area contributed by atoms with Crippen LogP contribution in [0.2, 0.25) is 0 Å². The number of H-pyrrole nitrogens is 1. The van der Waals surface area contributed by atoms with Gasteiger partial charge in [0.05, 0.1) is 28.4 Å². The Hall–Kier alpha value is -3.65. The Morgan fingerprint density at radius 1 is 0.938 bits per heavy atom. The van der Waals surface area contributed by atoms with Crippen molar-refractivity contribution in [2.75, 3.05) is 41.6 Å². The van der Waals surface area contributed by atoms with E-state index in [2.05, 4.69) is 10.3 Å². The fourth-order valence-corrected chi connectivity index (χ4v) is 3.50. The standard InChI is InChI=1S/C24H28N2O6/c1-29-17-8-6-15(7-9-17)18-14-26-22(24(28)25-10-5-11-27)21(18)16-12-19(30-2)23(32-4)20(13-16)31-3/h6-9,12-14,26-27H,5,10-11H2,1-4H3,(H,25,28). The lowest BCUT2D eigenvalue weighted by atomic mass is 9.95. The van der Waals surface area contributed by atoms with Crippen LogP contribution in [0.3, 0.4) is 0 Å². The number of carbonyl (C=O) groups excluding carboxylic acids is 1. The van der Waals surface area contributed by atoms with Gasteiger partial charge in [-0.3, -0.25) is 4.79 Å². The van der Waals surface area contributed by atoms with Crippen molar-refractivity contribution < 1.29 is 28.8 Å². The molecule has 0 saturated carbocycles. The summed E-state index contributed by atoms with van der Waals surface area (Å²) >= 11 is 0. The van der Waals surface area contributed by atoms with Gasteiger partial charge < -0.3 is 34.4 Å². The minimum absolute atomic E-state index is 0.00182. The number of carbonyl (C=O) groups is 1. The number of aromatic amines is 1. The smallest absolute Gasteiger partial charge is 0.268 e. The maximum atomic E-state index is 13.0. The number of nitrogens with one attached hydrogen (secondary N) is 2. The molecule has 170 valence electrons. The Morgan fingerprint density at radius 2 is 1.59 bits per heavy atom. The number of ether oxygens (including phenoxy) is 4. The SMILES string of the molecule is COc1ccc(-c2c[nH]c(C(=O)NCCCO)c2-c2cc(OC)c(OC)c(OC)c2)cc1. The molecule has 2 aromatic carbocycles. The Bertz CT molecular complexity index is 1030. The molecule has 8 heteroatoms. The number of rotatable bonds is 10. The second kappa shape index (κ2) is 10.6. The van der Waals surface area contributed by atoms with Crippen LogP contribution in [0.1, 0.15) is 16.9 Å². The molecule has 0 spiro atoms. The average Bonchev–Trinajstić information content (AvgIpc) is 3.28. The maximum absolute atomic E-state index is 13.0. The molecule has 3 rings (SSSR count). The highest BCUT2D eigenvalue weighted by Crippen LogP contribution is 2.44. The van der Waals surface area contributed by atoms with E-state index in [0.29, 0.717) is 41.5 Å². The van der Waals surface area contributed by atoms with Crippen molar-refractivity contribution in [3.63, 3.8) is 0 Å². The van der Waals surface area contributed by atoms with Crippen LogP contribution in [0.25, 0.3) is 22.3 Å². The first kappa shape index (κ1) is 23.0. The second-order valence-electron chi connectivity index (χ2n) is 6.93. The molecule has 0 unspecified atom stereocenters. The lowest BCUT2D eigenvalue weighted by molar-refractivity contribution is 0.0947. The van der Waals surface area contributed by atoms with Gasteiger partial charge in [-0.2, -0.15) is 0 Å². The molecule has 0 aliphatic carbocycles. The quantitative estimate of drug-likeness (QED) is 0.417. The second-order valence-corrected chi connectivity index (χ2v) is 6.93. The molecule has 0 fully saturated rings. The Balaban J connectivity index is 2.18. The van der Waals surface area contributed by atoms with Gasteiger partial charge >= 0.3 is 0 Å². The van der Waals surface area contributed by atoms with E-state index in [4.69, 9.17) is 24.1 Å². The third-order valence-corrected chi connectivity index (χ3v) is 5.08. The summed E-state index contributed by atoms with van der Waals surface area (Å²) in [6.45, 7) is 0.364. The summed E-state index contributed by atoms with van der Waals surface area (Å²) in [5.41, 5.74) is 3.53. The monoisotopic (exact) mass is 440 g/mol. The summed E-state index contributed by atoms with van der Waals surface area (Å²) in [4.78, 5) is 16.1. The molecule has 32 heavy (non-hydrogen) atoms. The minimum atomic E-state index is -0.276. The highest BCUT2D eigenvalue weighted by atomic mass is 16.5. The first-order chi connectivity index (χ1) is 15.6. The highest BCUT2D eigenvalue weighted by molar-refractivity contribution is 6.04. The van der Waals surface area contributed by atoms with Crippen LogP contribution in [-0.2, 0) is 0 Å². The van der Waals surface area contributed by atoms with Gasteiger partial charge in [-0.1, -0.05) is 12.1 Å². The zero-order chi connectivity index (χ0) is 23.1. The first-order valence-corrected chi connectivity index (χ1v) is 10.1. The Kier molecular flexibility index (Phi) is 7.62. The zero-order valence-corrected chi connectivity index (χ0v) is 18.7. The number of methoxy groups -OCH3 is 4. The molecule has 0 saturated heterocycles. The number of hydrogen-bond donors (Lipinski definition) is 3. The number of aliphatic hydroxyl groups excluding tert-OH is 1. The normalized spacial score (nSPS) is 10.5. The first-order valence-electron chi connectivity index (χ1n) is 10.1. The predicted molar refractivity (Wildman–Crippen MR) is 122 cm³/mol. The third kappa shape index (κ3) is 4.65. The molecular weight excluding hydrogens is 412 g/mol. The zero-order valence-electron chi connectivity index (χ0n) is 18.7. The van der Waals surface area contributed by atoms with Gasteiger partial charge in [-0.25, -0.2) is 0 Å². The molecule has 0 bridgehead atoms. The van der Waals surface area contributed by atoms with Crippen LogP contribution in [-0.4, -0.2) is 57.6 Å². The molecule has 8 nitrogen and oxygen atoms in total. The largest absolute Gasteiger partial charge is 0.497 e. The van der Waals surface area contributed by atoms with Gasteiger partial charge in [-0.05, 0) is 41.8 Å². The maximum Gasteiger partial charge on any atom is 0.268 e. The summed E-state index contributed by atoms with van der Waals surface area (Å²) in [6, 6.07) is 11.2. The number of amides is 1. The number of benzene rings is 2. The fourth-order valence-electron chi connectivity index (χ4n) is 3.50. The van der Waals surface area contributed by atoms with Crippen molar-refractivity contribution in [1.82, 2.24) is 10.3 Å². The summed E-state index contributed by atoms with van der Waals surface area (Å²) in [5, 5.41) is 11.9. The molecule has 3 N–H and O–H groups in total. The molecule has 0 radical (unpaired) electrons. The van der Waals surface area contributed by atoms with E-state index in [-0.39, 0.29) is 12.5 Å². The lowest BCUT2D eigenvalue weighted by Gasteiger charge is -2.16. The van der Waals surface area contributed by atoms with E-state index in [1.807, 2.05) is 36.4 Å². The molecule has 0 atom stereocenters. The summed E-state index contributed by atoms with van der Waals surface area (Å²) in [6.07, 6.45) is 2.26. The van der Waals surface area contributed by atoms with Crippen molar-refractivity contribution in [3.05, 3.63) is 48.3 Å². The van der Waals surface area contributed by atoms with E-state index in [9.17, 15) is 4.79 Å². The summed E-state index contributed by atoms with van der Waals surface area (Å²) < 4.78 is 21.7. The van der Waals surface area contributed by atoms with E-state index in [1.165, 1.54) is 0 Å². The van der Waals surface area contributed by atoms with Crippen LogP contribution in [0, 0.1) is 0 Å². The van der Waals surface area contributed by atoms with Crippen LogP contribution < -0.4 is 24.3 Å². The van der Waals surface area contributed by atoms with Crippen LogP contribution in [0.4, 0.5) is 0 Å². The molecular formula is C24H28N2O6. The molecule has 0 aliphatic heterocycles. The fraction of sp³-hybridized carbons (Fsp3) is 0.292. The van der Waals surface area contributed by atoms with Crippen molar-refractivity contribution >= 4 is 5.91 Å². The van der Waals surface area contributed by atoms with Gasteiger partial charge in [0.2, 0.25) is 5.75 Å². The molecule has 1 heterocycles. The number of aromatic nitrogens is 1. The molecule has 0 aliphatic rings. The van der Waals surface area contributed by atoms with Crippen LogP contribution in [0.5, 0.6) is 23.0 Å². The van der Waals surface area contributed by atoms with Crippen molar-refractivity contribution in [3.8, 4) is 45.3 Å². The van der Waals surface area contributed by atoms with Gasteiger partial charge in [0, 0.05) is 30.5 Å². The van der Waals surface area contributed by atoms with E-state index < -0.39 is 0 Å². The topological polar surface area (TPSA) is 102 Å². The lowest BCUT2D eigenvalue weighted by Crippen LogP contribution is -2.25. The van der Waals surface area contributed by atoms with Crippen LogP contribution >= 0.6 is 0 Å². The average molecular weight is 440 g/mol. The van der Waals surface area contributed by atoms with E-state index >= 15 is 0 Å². The number of aliphatic hydroxyl groups is 1. The minimum Gasteiger partial charge on any atom is -0.497 e. The van der Waals surface area contributed by atoms with Gasteiger partial charge in [0.25, 0.3) is 5.91 Å². The van der Waals surface area contributed by atoms with Crippen molar-refractivity contribution in [1.29, 1.82) is 0 Å².